The molecule has 1 aromatic heterocycles. The Labute approximate surface area is 181 Å². The lowest BCUT2D eigenvalue weighted by atomic mass is 10.1. The number of nitriles is 1. The molecular weight excluding hydrogens is 390 g/mol. The van der Waals surface area contributed by atoms with Gasteiger partial charge in [-0.2, -0.15) is 10.4 Å². The van der Waals surface area contributed by atoms with E-state index in [-0.39, 0.29) is 11.5 Å². The van der Waals surface area contributed by atoms with Crippen molar-refractivity contribution < 1.29 is 4.74 Å². The Balaban J connectivity index is 1.78. The van der Waals surface area contributed by atoms with E-state index in [9.17, 15) is 10.1 Å². The molecule has 0 aliphatic heterocycles. The van der Waals surface area contributed by atoms with Crippen LogP contribution in [0.4, 0.5) is 5.95 Å². The van der Waals surface area contributed by atoms with Crippen molar-refractivity contribution in [2.24, 2.45) is 11.0 Å². The van der Waals surface area contributed by atoms with Gasteiger partial charge >= 0.3 is 0 Å². The maximum absolute atomic E-state index is 12.3. The maximum atomic E-state index is 12.3. The molecule has 31 heavy (non-hydrogen) atoms. The average molecular weight is 415 g/mol. The monoisotopic (exact) mass is 415 g/mol. The van der Waals surface area contributed by atoms with Gasteiger partial charge < -0.3 is 4.74 Å². The number of ether oxygens (including phenoxy) is 1. The Hall–Kier alpha value is -3.92. The van der Waals surface area contributed by atoms with E-state index in [2.05, 4.69) is 34.3 Å². The zero-order valence-corrected chi connectivity index (χ0v) is 17.8. The van der Waals surface area contributed by atoms with Crippen molar-refractivity contribution in [2.45, 2.75) is 27.2 Å². The Kier molecular flexibility index (Phi) is 7.17. The van der Waals surface area contributed by atoms with Crippen LogP contribution >= 0.6 is 0 Å². The van der Waals surface area contributed by atoms with Gasteiger partial charge in [-0.15, -0.1) is 0 Å². The highest BCUT2D eigenvalue weighted by molar-refractivity contribution is 5.81. The summed E-state index contributed by atoms with van der Waals surface area (Å²) in [5.41, 5.74) is 5.06. The molecule has 0 saturated carbocycles. The van der Waals surface area contributed by atoms with Crippen LogP contribution in [0.1, 0.15) is 37.0 Å². The lowest BCUT2D eigenvalue weighted by Gasteiger charge is -2.11. The molecule has 0 saturated heterocycles. The fourth-order valence-corrected chi connectivity index (χ4v) is 2.86. The van der Waals surface area contributed by atoms with Gasteiger partial charge in [0.25, 0.3) is 5.56 Å². The van der Waals surface area contributed by atoms with Crippen LogP contribution in [0, 0.1) is 24.2 Å². The molecule has 158 valence electrons. The van der Waals surface area contributed by atoms with Crippen molar-refractivity contribution in [1.82, 2.24) is 9.97 Å². The Bertz CT molecular complexity index is 1160. The second-order valence-corrected chi connectivity index (χ2v) is 7.54. The van der Waals surface area contributed by atoms with E-state index in [0.717, 1.165) is 23.3 Å². The molecule has 0 atom stereocenters. The van der Waals surface area contributed by atoms with Crippen molar-refractivity contribution in [2.75, 3.05) is 12.0 Å². The summed E-state index contributed by atoms with van der Waals surface area (Å²) in [6.45, 7) is 6.99. The highest BCUT2D eigenvalue weighted by atomic mass is 16.5. The van der Waals surface area contributed by atoms with Gasteiger partial charge in [0.05, 0.1) is 18.5 Å². The largest absolute Gasteiger partial charge is 0.493 e. The van der Waals surface area contributed by atoms with E-state index in [1.807, 2.05) is 49.4 Å². The predicted octanol–water partition coefficient (Wildman–Crippen LogP) is 4.49. The van der Waals surface area contributed by atoms with Gasteiger partial charge in [-0.25, -0.2) is 10.4 Å². The molecule has 3 rings (SSSR count). The minimum atomic E-state index is -0.523. The van der Waals surface area contributed by atoms with Crippen molar-refractivity contribution in [3.05, 3.63) is 75.6 Å². The number of nitrogens with one attached hydrogen (secondary N) is 2. The van der Waals surface area contributed by atoms with Gasteiger partial charge in [0.1, 0.15) is 17.4 Å². The number of rotatable bonds is 8. The topological polar surface area (TPSA) is 103 Å². The third-order valence-electron chi connectivity index (χ3n) is 4.63. The van der Waals surface area contributed by atoms with E-state index in [4.69, 9.17) is 4.74 Å². The summed E-state index contributed by atoms with van der Waals surface area (Å²) >= 11 is 0. The molecule has 2 N–H and O–H groups in total. The van der Waals surface area contributed by atoms with Crippen LogP contribution < -0.4 is 15.7 Å². The van der Waals surface area contributed by atoms with E-state index < -0.39 is 5.56 Å². The first kappa shape index (κ1) is 21.8. The van der Waals surface area contributed by atoms with E-state index >= 15 is 0 Å². The molecule has 0 bridgehead atoms. The summed E-state index contributed by atoms with van der Waals surface area (Å²) in [5.74, 6) is 1.55. The van der Waals surface area contributed by atoms with Crippen LogP contribution in [0.15, 0.2) is 58.4 Å². The third-order valence-corrected chi connectivity index (χ3v) is 4.63. The minimum absolute atomic E-state index is 0.0394. The zero-order chi connectivity index (χ0) is 22.2. The molecule has 0 aliphatic carbocycles. The average Bonchev–Trinajstić information content (AvgIpc) is 2.76. The highest BCUT2D eigenvalue weighted by Gasteiger charge is 2.12. The van der Waals surface area contributed by atoms with Gasteiger partial charge in [0, 0.05) is 5.56 Å². The van der Waals surface area contributed by atoms with E-state index in [1.165, 1.54) is 0 Å². The highest BCUT2D eigenvalue weighted by Crippen LogP contribution is 2.21. The molecule has 0 spiro atoms. The smallest absolute Gasteiger partial charge is 0.270 e. The predicted molar refractivity (Wildman–Crippen MR) is 122 cm³/mol. The van der Waals surface area contributed by atoms with Crippen LogP contribution in [0.2, 0.25) is 0 Å². The van der Waals surface area contributed by atoms with Crippen LogP contribution in [-0.4, -0.2) is 22.8 Å². The summed E-state index contributed by atoms with van der Waals surface area (Å²) in [6, 6.07) is 16.8. The summed E-state index contributed by atoms with van der Waals surface area (Å²) in [7, 11) is 0. The van der Waals surface area contributed by atoms with Gasteiger partial charge in [-0.1, -0.05) is 56.3 Å². The van der Waals surface area contributed by atoms with Crippen molar-refractivity contribution in [3.63, 3.8) is 0 Å². The number of hydrogen-bond acceptors (Lipinski definition) is 6. The number of aromatic amines is 1. The molecule has 2 aromatic carbocycles. The Morgan fingerprint density at radius 3 is 2.74 bits per heavy atom. The van der Waals surface area contributed by atoms with Crippen LogP contribution in [0.25, 0.3) is 11.3 Å². The third kappa shape index (κ3) is 5.80. The summed E-state index contributed by atoms with van der Waals surface area (Å²) in [6.07, 6.45) is 2.61. The number of benzene rings is 2. The van der Waals surface area contributed by atoms with E-state index in [1.54, 1.807) is 18.3 Å². The first-order valence-electron chi connectivity index (χ1n) is 10.1. The zero-order valence-electron chi connectivity index (χ0n) is 17.8. The number of aromatic nitrogens is 2. The summed E-state index contributed by atoms with van der Waals surface area (Å²) in [5, 5.41) is 13.5. The second-order valence-electron chi connectivity index (χ2n) is 7.54. The van der Waals surface area contributed by atoms with Crippen LogP contribution in [-0.2, 0) is 0 Å². The lowest BCUT2D eigenvalue weighted by Crippen LogP contribution is -2.16. The second kappa shape index (κ2) is 10.2. The summed E-state index contributed by atoms with van der Waals surface area (Å²) in [4.78, 5) is 19.2. The first-order valence-corrected chi connectivity index (χ1v) is 10.1. The number of H-pyrrole nitrogens is 1. The molecule has 0 fully saturated rings. The number of nitrogens with zero attached hydrogens (tertiary/aromatic N) is 3. The van der Waals surface area contributed by atoms with Gasteiger partial charge in [-0.3, -0.25) is 9.78 Å². The fourth-order valence-electron chi connectivity index (χ4n) is 2.86. The van der Waals surface area contributed by atoms with Crippen LogP contribution in [0.3, 0.4) is 0 Å². The number of hydrazone groups is 1. The van der Waals surface area contributed by atoms with Gasteiger partial charge in [0.2, 0.25) is 5.95 Å². The molecular formula is C24H25N5O2. The molecule has 0 aliphatic rings. The first-order chi connectivity index (χ1) is 15.0. The van der Waals surface area contributed by atoms with E-state index in [0.29, 0.717) is 23.8 Å². The van der Waals surface area contributed by atoms with Crippen molar-refractivity contribution >= 4 is 12.2 Å². The molecule has 7 nitrogen and oxygen atoms in total. The lowest BCUT2D eigenvalue weighted by molar-refractivity contribution is 0.288. The normalized spacial score (nSPS) is 10.9. The van der Waals surface area contributed by atoms with Gasteiger partial charge in [-0.05, 0) is 36.5 Å². The van der Waals surface area contributed by atoms with Crippen LogP contribution in [0.5, 0.6) is 5.75 Å². The van der Waals surface area contributed by atoms with Crippen molar-refractivity contribution in [1.29, 1.82) is 5.26 Å². The SMILES string of the molecule is Cc1ccc(C=NNc2nc(-c3ccccc3)c(C#N)c(=O)[nH]2)cc1OCCC(C)C. The Morgan fingerprint density at radius 1 is 1.26 bits per heavy atom. The van der Waals surface area contributed by atoms with Crippen molar-refractivity contribution in [3.8, 4) is 23.1 Å². The number of hydrogen-bond donors (Lipinski definition) is 2. The molecule has 3 aromatic rings. The summed E-state index contributed by atoms with van der Waals surface area (Å²) < 4.78 is 5.89. The number of anilines is 1. The number of aryl methyl sites for hydroxylation is 1. The standard InChI is InChI=1S/C24H25N5O2/c1-16(2)11-12-31-21-13-18(10-9-17(21)3)15-26-29-24-27-22(19-7-5-4-6-8-19)20(14-25)23(30)28-24/h4-10,13,15-16H,11-12H2,1-3H3,(H2,27,28,29,30). The quantitative estimate of drug-likeness (QED) is 0.417. The molecule has 0 amide bonds. The molecule has 1 heterocycles. The minimum Gasteiger partial charge on any atom is -0.493 e. The Morgan fingerprint density at radius 2 is 2.03 bits per heavy atom. The van der Waals surface area contributed by atoms with Gasteiger partial charge in [0.15, 0.2) is 0 Å². The maximum Gasteiger partial charge on any atom is 0.270 e. The molecule has 0 radical (unpaired) electrons. The fraction of sp³-hybridized carbons (Fsp3) is 0.250. The molecule has 0 unspecified atom stereocenters. The molecule has 7 heteroatoms.